The molecule has 0 saturated carbocycles. The molecular weight excluding hydrogens is 356 g/mol. The van der Waals surface area contributed by atoms with E-state index in [2.05, 4.69) is 10.4 Å². The minimum atomic E-state index is -0.530. The molecule has 0 aliphatic carbocycles. The van der Waals surface area contributed by atoms with Crippen LogP contribution in [0.15, 0.2) is 66.7 Å². The number of carbonyl (C=O) groups is 1. The van der Waals surface area contributed by atoms with Gasteiger partial charge in [-0.1, -0.05) is 60.7 Å². The Balaban J connectivity index is 1.73. The van der Waals surface area contributed by atoms with Crippen molar-refractivity contribution in [2.75, 3.05) is 6.54 Å². The number of amides is 1. The number of nitrogens with zero attached hydrogens (tertiary/aromatic N) is 3. The number of hydrogen-bond acceptors (Lipinski definition) is 4. The van der Waals surface area contributed by atoms with Crippen LogP contribution in [-0.2, 0) is 11.3 Å². The highest BCUT2D eigenvalue weighted by atomic mass is 16.6. The van der Waals surface area contributed by atoms with Gasteiger partial charge >= 0.3 is 5.82 Å². The molecule has 1 aromatic heterocycles. The van der Waals surface area contributed by atoms with Crippen LogP contribution in [0.3, 0.4) is 0 Å². The Kier molecular flexibility index (Phi) is 5.96. The van der Waals surface area contributed by atoms with E-state index in [1.54, 1.807) is 6.92 Å². The van der Waals surface area contributed by atoms with E-state index in [9.17, 15) is 14.9 Å². The van der Waals surface area contributed by atoms with Gasteiger partial charge in [-0.3, -0.25) is 4.79 Å². The number of nitrogens with one attached hydrogen (secondary N) is 1. The maximum Gasteiger partial charge on any atom is 0.390 e. The average molecular weight is 376 g/mol. The minimum absolute atomic E-state index is 0.197. The Bertz CT molecular complexity index is 995. The molecule has 3 rings (SSSR count). The van der Waals surface area contributed by atoms with Crippen molar-refractivity contribution in [2.24, 2.45) is 0 Å². The van der Waals surface area contributed by atoms with Gasteiger partial charge in [-0.05, 0) is 29.0 Å². The SMILES string of the molecule is Cc1cc([N+](=O)[O-])nn1CCNC(=O)/C(=C\c1ccccc1)c1ccccc1. The quantitative estimate of drug-likeness (QED) is 0.296. The van der Waals surface area contributed by atoms with Gasteiger partial charge in [0.05, 0.1) is 23.4 Å². The molecule has 0 aliphatic heterocycles. The van der Waals surface area contributed by atoms with Crippen LogP contribution in [0.25, 0.3) is 11.6 Å². The maximum absolute atomic E-state index is 12.8. The fraction of sp³-hybridized carbons (Fsp3) is 0.143. The topological polar surface area (TPSA) is 90.1 Å². The highest BCUT2D eigenvalue weighted by molar-refractivity contribution is 6.24. The molecule has 0 unspecified atom stereocenters. The van der Waals surface area contributed by atoms with Crippen molar-refractivity contribution in [3.8, 4) is 0 Å². The van der Waals surface area contributed by atoms with Crippen molar-refractivity contribution < 1.29 is 9.72 Å². The van der Waals surface area contributed by atoms with Crippen molar-refractivity contribution in [1.29, 1.82) is 0 Å². The molecule has 142 valence electrons. The third-order valence-corrected chi connectivity index (χ3v) is 4.20. The molecule has 1 amide bonds. The zero-order valence-corrected chi connectivity index (χ0v) is 15.4. The molecule has 0 aliphatic rings. The first-order chi connectivity index (χ1) is 13.5. The maximum atomic E-state index is 12.8. The first-order valence-corrected chi connectivity index (χ1v) is 8.84. The molecule has 0 fully saturated rings. The van der Waals surface area contributed by atoms with E-state index in [1.807, 2.05) is 66.7 Å². The van der Waals surface area contributed by atoms with Crippen molar-refractivity contribution in [2.45, 2.75) is 13.5 Å². The fourth-order valence-corrected chi connectivity index (χ4v) is 2.79. The smallest absolute Gasteiger partial charge is 0.358 e. The number of carbonyl (C=O) groups excluding carboxylic acids is 1. The van der Waals surface area contributed by atoms with Crippen LogP contribution in [0.1, 0.15) is 16.8 Å². The molecule has 28 heavy (non-hydrogen) atoms. The highest BCUT2D eigenvalue weighted by Crippen LogP contribution is 2.18. The van der Waals surface area contributed by atoms with Gasteiger partial charge in [0, 0.05) is 12.1 Å². The highest BCUT2D eigenvalue weighted by Gasteiger charge is 2.16. The summed E-state index contributed by atoms with van der Waals surface area (Å²) in [5.74, 6) is -0.410. The van der Waals surface area contributed by atoms with Gasteiger partial charge in [-0.15, -0.1) is 0 Å². The van der Waals surface area contributed by atoms with E-state index in [4.69, 9.17) is 0 Å². The number of benzene rings is 2. The molecular formula is C21H20N4O3. The number of hydrogen-bond donors (Lipinski definition) is 1. The van der Waals surface area contributed by atoms with Gasteiger partial charge in [-0.2, -0.15) is 4.68 Å². The molecule has 0 saturated heterocycles. The lowest BCUT2D eigenvalue weighted by Crippen LogP contribution is -2.28. The van der Waals surface area contributed by atoms with E-state index in [0.717, 1.165) is 11.1 Å². The van der Waals surface area contributed by atoms with Crippen LogP contribution in [-0.4, -0.2) is 27.2 Å². The Morgan fingerprint density at radius 1 is 1.14 bits per heavy atom. The molecule has 0 atom stereocenters. The van der Waals surface area contributed by atoms with Crippen molar-refractivity contribution >= 4 is 23.4 Å². The Hall–Kier alpha value is -3.74. The second-order valence-electron chi connectivity index (χ2n) is 6.21. The van der Waals surface area contributed by atoms with Crippen molar-refractivity contribution in [3.63, 3.8) is 0 Å². The summed E-state index contributed by atoms with van der Waals surface area (Å²) in [4.78, 5) is 23.1. The molecule has 0 bridgehead atoms. The van der Waals surface area contributed by atoms with Gasteiger partial charge in [-0.25, -0.2) is 0 Å². The zero-order chi connectivity index (χ0) is 19.9. The molecule has 0 radical (unpaired) electrons. The Morgan fingerprint density at radius 3 is 2.39 bits per heavy atom. The largest absolute Gasteiger partial charge is 0.390 e. The molecule has 2 aromatic carbocycles. The van der Waals surface area contributed by atoms with Crippen LogP contribution in [0.5, 0.6) is 0 Å². The molecule has 1 N–H and O–H groups in total. The summed E-state index contributed by atoms with van der Waals surface area (Å²) in [6.07, 6.45) is 1.84. The third kappa shape index (κ3) is 4.70. The average Bonchev–Trinajstić information content (AvgIpc) is 3.08. The zero-order valence-electron chi connectivity index (χ0n) is 15.4. The Labute approximate surface area is 162 Å². The molecule has 7 nitrogen and oxygen atoms in total. The number of aryl methyl sites for hydroxylation is 1. The number of aromatic nitrogens is 2. The van der Waals surface area contributed by atoms with E-state index in [0.29, 0.717) is 24.4 Å². The summed E-state index contributed by atoms with van der Waals surface area (Å²) in [6, 6.07) is 20.5. The summed E-state index contributed by atoms with van der Waals surface area (Å²) in [6.45, 7) is 2.39. The van der Waals surface area contributed by atoms with Crippen molar-refractivity contribution in [1.82, 2.24) is 15.1 Å². The summed E-state index contributed by atoms with van der Waals surface area (Å²) >= 11 is 0. The number of rotatable bonds is 7. The van der Waals surface area contributed by atoms with E-state index >= 15 is 0 Å². The van der Waals surface area contributed by atoms with Gasteiger partial charge in [0.2, 0.25) is 0 Å². The molecule has 7 heteroatoms. The first-order valence-electron chi connectivity index (χ1n) is 8.84. The van der Waals surface area contributed by atoms with Gasteiger partial charge in [0.15, 0.2) is 0 Å². The summed E-state index contributed by atoms with van der Waals surface area (Å²) in [7, 11) is 0. The van der Waals surface area contributed by atoms with Crippen LogP contribution in [0.2, 0.25) is 0 Å². The second-order valence-corrected chi connectivity index (χ2v) is 6.21. The molecule has 0 spiro atoms. The standard InChI is InChI=1S/C21H20N4O3/c1-16-14-20(25(27)28)23-24(16)13-12-22-21(26)19(18-10-6-3-7-11-18)15-17-8-4-2-5-9-17/h2-11,14-15H,12-13H2,1H3,(H,22,26)/b19-15-. The van der Waals surface area contributed by atoms with Crippen LogP contribution in [0.4, 0.5) is 5.82 Å². The third-order valence-electron chi connectivity index (χ3n) is 4.20. The normalized spacial score (nSPS) is 11.2. The van der Waals surface area contributed by atoms with E-state index < -0.39 is 4.92 Å². The van der Waals surface area contributed by atoms with Crippen LogP contribution < -0.4 is 5.32 Å². The van der Waals surface area contributed by atoms with Crippen molar-refractivity contribution in [3.05, 3.63) is 93.7 Å². The lowest BCUT2D eigenvalue weighted by Gasteiger charge is -2.10. The lowest BCUT2D eigenvalue weighted by atomic mass is 10.0. The monoisotopic (exact) mass is 376 g/mol. The lowest BCUT2D eigenvalue weighted by molar-refractivity contribution is -0.389. The predicted octanol–water partition coefficient (Wildman–Crippen LogP) is 3.46. The minimum Gasteiger partial charge on any atom is -0.358 e. The van der Waals surface area contributed by atoms with Crippen LogP contribution >= 0.6 is 0 Å². The number of nitro groups is 1. The van der Waals surface area contributed by atoms with E-state index in [-0.39, 0.29) is 11.7 Å². The van der Waals surface area contributed by atoms with Gasteiger partial charge < -0.3 is 15.4 Å². The van der Waals surface area contributed by atoms with E-state index in [1.165, 1.54) is 10.7 Å². The second kappa shape index (κ2) is 8.77. The predicted molar refractivity (Wildman–Crippen MR) is 107 cm³/mol. The van der Waals surface area contributed by atoms with Crippen LogP contribution in [0, 0.1) is 17.0 Å². The first kappa shape index (κ1) is 19.0. The summed E-state index contributed by atoms with van der Waals surface area (Å²) in [5, 5.41) is 17.6. The molecule has 3 aromatic rings. The summed E-state index contributed by atoms with van der Waals surface area (Å²) < 4.78 is 1.52. The molecule has 1 heterocycles. The summed E-state index contributed by atoms with van der Waals surface area (Å²) in [5.41, 5.74) is 2.96. The van der Waals surface area contributed by atoms with Gasteiger partial charge in [0.25, 0.3) is 5.91 Å². The fourth-order valence-electron chi connectivity index (χ4n) is 2.79. The van der Waals surface area contributed by atoms with Gasteiger partial charge in [0.1, 0.15) is 0 Å². The Morgan fingerprint density at radius 2 is 1.79 bits per heavy atom.